The van der Waals surface area contributed by atoms with Gasteiger partial charge in [0.15, 0.2) is 11.4 Å². The van der Waals surface area contributed by atoms with Crippen molar-refractivity contribution >= 4 is 23.0 Å². The first-order chi connectivity index (χ1) is 10.4. The molecule has 0 saturated carbocycles. The van der Waals surface area contributed by atoms with Gasteiger partial charge >= 0.3 is 0 Å². The van der Waals surface area contributed by atoms with Gasteiger partial charge < -0.3 is 10.8 Å². The van der Waals surface area contributed by atoms with E-state index in [4.69, 9.17) is 5.73 Å². The molecule has 3 N–H and O–H groups in total. The van der Waals surface area contributed by atoms with Gasteiger partial charge in [-0.05, 0) is 24.3 Å². The molecule has 0 saturated heterocycles. The lowest BCUT2D eigenvalue weighted by Gasteiger charge is -2.18. The van der Waals surface area contributed by atoms with Crippen LogP contribution < -0.4 is 5.73 Å². The first-order valence-corrected chi connectivity index (χ1v) is 6.73. The van der Waals surface area contributed by atoms with Crippen molar-refractivity contribution in [2.24, 2.45) is 0 Å². The molecule has 0 atom stereocenters. The molecule has 22 heavy (non-hydrogen) atoms. The number of anilines is 1. The average molecular weight is 295 g/mol. The Morgan fingerprint density at radius 3 is 1.95 bits per heavy atom. The molecule has 0 heterocycles. The fourth-order valence-electron chi connectivity index (χ4n) is 2.59. The maximum absolute atomic E-state index is 12.3. The zero-order valence-electron chi connectivity index (χ0n) is 11.6. The van der Waals surface area contributed by atoms with Gasteiger partial charge in [0.1, 0.15) is 0 Å². The van der Waals surface area contributed by atoms with Crippen molar-refractivity contribution in [2.45, 2.75) is 12.0 Å². The Balaban J connectivity index is 1.92. The number of carbonyl (C=O) groups excluding carboxylic acids is 3. The van der Waals surface area contributed by atoms with E-state index in [1.807, 2.05) is 0 Å². The first kappa shape index (κ1) is 14.2. The molecular formula is C17H13NO4. The number of hydrogen-bond donors (Lipinski definition) is 2. The van der Waals surface area contributed by atoms with Gasteiger partial charge in [-0.3, -0.25) is 14.4 Å². The van der Waals surface area contributed by atoms with Crippen molar-refractivity contribution in [1.82, 2.24) is 0 Å². The highest BCUT2D eigenvalue weighted by Gasteiger charge is 2.52. The average Bonchev–Trinajstić information content (AvgIpc) is 2.70. The summed E-state index contributed by atoms with van der Waals surface area (Å²) < 4.78 is 0. The summed E-state index contributed by atoms with van der Waals surface area (Å²) in [5.74, 6) is -1.94. The topological polar surface area (TPSA) is 97.5 Å². The molecule has 0 fully saturated rings. The van der Waals surface area contributed by atoms with Crippen LogP contribution in [-0.2, 0) is 0 Å². The molecule has 0 unspecified atom stereocenters. The quantitative estimate of drug-likeness (QED) is 0.510. The number of ketones is 3. The van der Waals surface area contributed by atoms with Crippen molar-refractivity contribution in [1.29, 1.82) is 0 Å². The predicted molar refractivity (Wildman–Crippen MR) is 79.9 cm³/mol. The molecule has 0 amide bonds. The summed E-state index contributed by atoms with van der Waals surface area (Å²) in [6.07, 6.45) is -0.580. The highest BCUT2D eigenvalue weighted by molar-refractivity contribution is 6.33. The van der Waals surface area contributed by atoms with Gasteiger partial charge in [-0.15, -0.1) is 0 Å². The summed E-state index contributed by atoms with van der Waals surface area (Å²) in [5.41, 5.74) is 4.32. The lowest BCUT2D eigenvalue weighted by atomic mass is 9.89. The lowest BCUT2D eigenvalue weighted by molar-refractivity contribution is 0.0295. The Kier molecular flexibility index (Phi) is 3.15. The van der Waals surface area contributed by atoms with Crippen LogP contribution in [0.1, 0.15) is 37.5 Å². The number of nitrogen functional groups attached to an aromatic ring is 1. The smallest absolute Gasteiger partial charge is 0.203 e. The number of benzene rings is 2. The molecule has 3 rings (SSSR count). The Morgan fingerprint density at radius 2 is 1.45 bits per heavy atom. The molecule has 1 aliphatic rings. The van der Waals surface area contributed by atoms with Gasteiger partial charge in [-0.25, -0.2) is 0 Å². The van der Waals surface area contributed by atoms with Gasteiger partial charge in [-0.1, -0.05) is 24.3 Å². The maximum Gasteiger partial charge on any atom is 0.203 e. The summed E-state index contributed by atoms with van der Waals surface area (Å²) in [4.78, 5) is 36.9. The molecule has 110 valence electrons. The minimum Gasteiger partial charge on any atom is -0.399 e. The SMILES string of the molecule is Nc1ccc(C(=O)CC2(O)C(=O)c3ccccc3C2=O)cc1. The van der Waals surface area contributed by atoms with Crippen molar-refractivity contribution in [3.8, 4) is 0 Å². The van der Waals surface area contributed by atoms with E-state index in [-0.39, 0.29) is 11.1 Å². The molecule has 0 radical (unpaired) electrons. The Bertz CT molecular complexity index is 758. The van der Waals surface area contributed by atoms with Crippen LogP contribution in [0.2, 0.25) is 0 Å². The standard InChI is InChI=1S/C17H13NO4/c18-11-7-5-10(6-8-11)14(19)9-17(22)15(20)12-3-1-2-4-13(12)16(17)21/h1-8,22H,9,18H2. The number of carbonyl (C=O) groups is 3. The number of aliphatic hydroxyl groups is 1. The molecule has 0 aromatic heterocycles. The van der Waals surface area contributed by atoms with Gasteiger partial charge in [-0.2, -0.15) is 0 Å². The minimum absolute atomic E-state index is 0.153. The zero-order valence-corrected chi connectivity index (χ0v) is 11.6. The third-order valence-electron chi connectivity index (χ3n) is 3.82. The van der Waals surface area contributed by atoms with Gasteiger partial charge in [0.25, 0.3) is 0 Å². The second kappa shape index (κ2) is 4.89. The van der Waals surface area contributed by atoms with E-state index in [0.29, 0.717) is 11.3 Å². The molecular weight excluding hydrogens is 282 g/mol. The Labute approximate surface area is 126 Å². The summed E-state index contributed by atoms with van der Waals surface area (Å²) in [6, 6.07) is 12.3. The van der Waals surface area contributed by atoms with E-state index in [1.54, 1.807) is 24.3 Å². The van der Waals surface area contributed by atoms with Crippen LogP contribution in [-0.4, -0.2) is 28.1 Å². The first-order valence-electron chi connectivity index (χ1n) is 6.73. The molecule has 2 aromatic rings. The molecule has 5 nitrogen and oxygen atoms in total. The predicted octanol–water partition coefficient (Wildman–Crippen LogP) is 1.65. The van der Waals surface area contributed by atoms with E-state index >= 15 is 0 Å². The minimum atomic E-state index is -2.32. The lowest BCUT2D eigenvalue weighted by Crippen LogP contribution is -2.43. The van der Waals surface area contributed by atoms with Crippen LogP contribution in [0, 0.1) is 0 Å². The molecule has 0 bridgehead atoms. The molecule has 5 heteroatoms. The van der Waals surface area contributed by atoms with E-state index in [1.165, 1.54) is 24.3 Å². The molecule has 0 aliphatic heterocycles. The highest BCUT2D eigenvalue weighted by Crippen LogP contribution is 2.33. The van der Waals surface area contributed by atoms with Crippen LogP contribution in [0.3, 0.4) is 0 Å². The van der Waals surface area contributed by atoms with Gasteiger partial charge in [0.2, 0.25) is 11.6 Å². The molecule has 1 aliphatic carbocycles. The summed E-state index contributed by atoms with van der Waals surface area (Å²) >= 11 is 0. The summed E-state index contributed by atoms with van der Waals surface area (Å²) in [6.45, 7) is 0. The van der Waals surface area contributed by atoms with Crippen LogP contribution in [0.25, 0.3) is 0 Å². The van der Waals surface area contributed by atoms with Gasteiger partial charge in [0, 0.05) is 22.4 Å². The van der Waals surface area contributed by atoms with E-state index in [0.717, 1.165) is 0 Å². The Hall–Kier alpha value is -2.79. The van der Waals surface area contributed by atoms with Crippen molar-refractivity contribution in [3.05, 3.63) is 65.2 Å². The number of rotatable bonds is 3. The second-order valence-electron chi connectivity index (χ2n) is 5.29. The summed E-state index contributed by atoms with van der Waals surface area (Å²) in [5, 5.41) is 10.5. The number of Topliss-reactive ketones (excluding diaryl/α,β-unsaturated/α-hetero) is 3. The maximum atomic E-state index is 12.3. The van der Waals surface area contributed by atoms with E-state index in [9.17, 15) is 19.5 Å². The van der Waals surface area contributed by atoms with Crippen LogP contribution in [0.15, 0.2) is 48.5 Å². The fraction of sp³-hybridized carbons (Fsp3) is 0.118. The van der Waals surface area contributed by atoms with Crippen LogP contribution >= 0.6 is 0 Å². The number of hydrogen-bond acceptors (Lipinski definition) is 5. The Morgan fingerprint density at radius 1 is 0.955 bits per heavy atom. The van der Waals surface area contributed by atoms with Crippen LogP contribution in [0.4, 0.5) is 5.69 Å². The van der Waals surface area contributed by atoms with Crippen LogP contribution in [0.5, 0.6) is 0 Å². The van der Waals surface area contributed by atoms with E-state index < -0.39 is 29.4 Å². The normalized spacial score (nSPS) is 15.7. The zero-order chi connectivity index (χ0) is 15.9. The van der Waals surface area contributed by atoms with E-state index in [2.05, 4.69) is 0 Å². The monoisotopic (exact) mass is 295 g/mol. The molecule has 0 spiro atoms. The summed E-state index contributed by atoms with van der Waals surface area (Å²) in [7, 11) is 0. The molecule has 2 aromatic carbocycles. The highest BCUT2D eigenvalue weighted by atomic mass is 16.3. The van der Waals surface area contributed by atoms with Crippen molar-refractivity contribution in [2.75, 3.05) is 5.73 Å². The van der Waals surface area contributed by atoms with Crippen molar-refractivity contribution in [3.63, 3.8) is 0 Å². The largest absolute Gasteiger partial charge is 0.399 e. The third-order valence-corrected chi connectivity index (χ3v) is 3.82. The fourth-order valence-corrected chi connectivity index (χ4v) is 2.59. The number of fused-ring (bicyclic) bond motifs is 1. The second-order valence-corrected chi connectivity index (χ2v) is 5.29. The number of nitrogens with two attached hydrogens (primary N) is 1. The third kappa shape index (κ3) is 2.03. The van der Waals surface area contributed by atoms with Gasteiger partial charge in [0.05, 0.1) is 6.42 Å². The van der Waals surface area contributed by atoms with Crippen molar-refractivity contribution < 1.29 is 19.5 Å².